The summed E-state index contributed by atoms with van der Waals surface area (Å²) in [5, 5.41) is 6.20. The van der Waals surface area contributed by atoms with Gasteiger partial charge >= 0.3 is 6.03 Å². The van der Waals surface area contributed by atoms with Gasteiger partial charge in [0.1, 0.15) is 6.33 Å². The zero-order valence-electron chi connectivity index (χ0n) is 10.7. The van der Waals surface area contributed by atoms with Crippen LogP contribution in [-0.4, -0.2) is 32.0 Å². The van der Waals surface area contributed by atoms with Crippen molar-refractivity contribution in [3.63, 3.8) is 0 Å². The molecule has 0 bridgehead atoms. The van der Waals surface area contributed by atoms with E-state index in [1.807, 2.05) is 35.6 Å². The van der Waals surface area contributed by atoms with Crippen LogP contribution in [0.4, 0.5) is 4.79 Å². The predicted octanol–water partition coefficient (Wildman–Crippen LogP) is 0.943. The highest BCUT2D eigenvalue weighted by Gasteiger charge is 2.18. The number of carbonyl (C=O) groups is 2. The molecule has 20 heavy (non-hydrogen) atoms. The molecule has 0 saturated heterocycles. The highest BCUT2D eigenvalue weighted by molar-refractivity contribution is 8.00. The molecule has 1 heterocycles. The number of imide groups is 1. The second-order valence-electron chi connectivity index (χ2n) is 3.92. The Balaban J connectivity index is 2.03. The summed E-state index contributed by atoms with van der Waals surface area (Å²) in [5.41, 5.74) is 5.77. The lowest BCUT2D eigenvalue weighted by Gasteiger charge is -2.06. The van der Waals surface area contributed by atoms with Crippen molar-refractivity contribution in [1.82, 2.24) is 20.1 Å². The topological polar surface area (TPSA) is 103 Å². The lowest BCUT2D eigenvalue weighted by atomic mass is 10.3. The van der Waals surface area contributed by atoms with Crippen molar-refractivity contribution in [1.29, 1.82) is 0 Å². The maximum atomic E-state index is 11.5. The van der Waals surface area contributed by atoms with Crippen LogP contribution in [0.3, 0.4) is 0 Å². The van der Waals surface area contributed by atoms with Gasteiger partial charge in [-0.2, -0.15) is 0 Å². The summed E-state index contributed by atoms with van der Waals surface area (Å²) in [6.07, 6.45) is 1.57. The van der Waals surface area contributed by atoms with Gasteiger partial charge < -0.3 is 5.73 Å². The third-order valence-corrected chi connectivity index (χ3v) is 3.35. The van der Waals surface area contributed by atoms with Crippen LogP contribution in [0.5, 0.6) is 0 Å². The summed E-state index contributed by atoms with van der Waals surface area (Å²) >= 11 is 1.15. The van der Waals surface area contributed by atoms with Gasteiger partial charge in [0.2, 0.25) is 11.1 Å². The second-order valence-corrected chi connectivity index (χ2v) is 5.23. The SMILES string of the molecule is CC(Sc1ncn(-c2ccccc2)n1)C(=O)NC(N)=O. The number of hydrogen-bond donors (Lipinski definition) is 2. The molecule has 0 aliphatic carbocycles. The fraction of sp³-hybridized carbons (Fsp3) is 0.167. The minimum Gasteiger partial charge on any atom is -0.351 e. The van der Waals surface area contributed by atoms with E-state index in [1.54, 1.807) is 17.9 Å². The van der Waals surface area contributed by atoms with Crippen LogP contribution >= 0.6 is 11.8 Å². The van der Waals surface area contributed by atoms with Crippen molar-refractivity contribution in [2.75, 3.05) is 0 Å². The van der Waals surface area contributed by atoms with Crippen molar-refractivity contribution in [3.05, 3.63) is 36.7 Å². The fourth-order valence-corrected chi connectivity index (χ4v) is 2.17. The van der Waals surface area contributed by atoms with Crippen molar-refractivity contribution in [3.8, 4) is 5.69 Å². The van der Waals surface area contributed by atoms with Crippen LogP contribution in [0.2, 0.25) is 0 Å². The molecule has 0 spiro atoms. The molecule has 7 nitrogen and oxygen atoms in total. The number of amides is 3. The number of nitrogens with one attached hydrogen (secondary N) is 1. The number of nitrogens with two attached hydrogens (primary N) is 1. The van der Waals surface area contributed by atoms with Crippen LogP contribution in [-0.2, 0) is 4.79 Å². The second kappa shape index (κ2) is 6.20. The molecule has 104 valence electrons. The lowest BCUT2D eigenvalue weighted by Crippen LogP contribution is -2.39. The molecule has 0 saturated carbocycles. The molecule has 0 aliphatic heterocycles. The zero-order valence-corrected chi connectivity index (χ0v) is 11.5. The summed E-state index contributed by atoms with van der Waals surface area (Å²) in [5.74, 6) is -0.474. The van der Waals surface area contributed by atoms with Gasteiger partial charge in [0, 0.05) is 0 Å². The summed E-state index contributed by atoms with van der Waals surface area (Å²) in [6.45, 7) is 1.64. The van der Waals surface area contributed by atoms with Gasteiger partial charge in [0.05, 0.1) is 10.9 Å². The van der Waals surface area contributed by atoms with E-state index in [4.69, 9.17) is 5.73 Å². The number of benzene rings is 1. The highest BCUT2D eigenvalue weighted by Crippen LogP contribution is 2.19. The standard InChI is InChI=1S/C12H13N5O2S/c1-8(10(18)15-11(13)19)20-12-14-7-17(16-12)9-5-3-2-4-6-9/h2-8H,1H3,(H3,13,15,18,19). The Kier molecular flexibility index (Phi) is 4.36. The molecule has 2 rings (SSSR count). The number of primary amides is 1. The van der Waals surface area contributed by atoms with Crippen LogP contribution in [0.25, 0.3) is 5.69 Å². The third-order valence-electron chi connectivity index (χ3n) is 2.39. The highest BCUT2D eigenvalue weighted by atomic mass is 32.2. The summed E-state index contributed by atoms with van der Waals surface area (Å²) in [6, 6.07) is 8.62. The van der Waals surface area contributed by atoms with E-state index in [0.717, 1.165) is 17.4 Å². The maximum absolute atomic E-state index is 11.5. The molecule has 1 aromatic carbocycles. The molecular formula is C12H13N5O2S. The molecule has 3 amide bonds. The summed E-state index contributed by atoms with van der Waals surface area (Å²) < 4.78 is 1.61. The number of thioether (sulfide) groups is 1. The van der Waals surface area contributed by atoms with E-state index in [1.165, 1.54) is 0 Å². The van der Waals surface area contributed by atoms with E-state index in [0.29, 0.717) is 5.16 Å². The summed E-state index contributed by atoms with van der Waals surface area (Å²) in [7, 11) is 0. The Morgan fingerprint density at radius 1 is 1.35 bits per heavy atom. The van der Waals surface area contributed by atoms with E-state index < -0.39 is 17.2 Å². The van der Waals surface area contributed by atoms with Gasteiger partial charge in [-0.05, 0) is 19.1 Å². The largest absolute Gasteiger partial charge is 0.351 e. The van der Waals surface area contributed by atoms with Crippen LogP contribution in [0.15, 0.2) is 41.8 Å². The van der Waals surface area contributed by atoms with Gasteiger partial charge in [0.25, 0.3) is 0 Å². The smallest absolute Gasteiger partial charge is 0.318 e. The number of nitrogens with zero attached hydrogens (tertiary/aromatic N) is 3. The first-order valence-electron chi connectivity index (χ1n) is 5.80. The van der Waals surface area contributed by atoms with Crippen LogP contribution < -0.4 is 11.1 Å². The molecule has 2 aromatic rings. The predicted molar refractivity (Wildman–Crippen MR) is 74.4 cm³/mol. The van der Waals surface area contributed by atoms with Gasteiger partial charge in [-0.3, -0.25) is 10.1 Å². The minimum absolute atomic E-state index is 0.445. The summed E-state index contributed by atoms with van der Waals surface area (Å²) in [4.78, 5) is 26.3. The van der Waals surface area contributed by atoms with Gasteiger partial charge in [0.15, 0.2) is 0 Å². The first-order chi connectivity index (χ1) is 9.56. The number of para-hydroxylation sites is 1. The molecule has 0 aliphatic rings. The first kappa shape index (κ1) is 14.1. The maximum Gasteiger partial charge on any atom is 0.318 e. The minimum atomic E-state index is -0.870. The normalized spacial score (nSPS) is 11.8. The quantitative estimate of drug-likeness (QED) is 0.816. The average Bonchev–Trinajstić information content (AvgIpc) is 2.87. The first-order valence-corrected chi connectivity index (χ1v) is 6.68. The molecule has 0 radical (unpaired) electrons. The molecule has 1 atom stereocenters. The van der Waals surface area contributed by atoms with E-state index in [2.05, 4.69) is 10.1 Å². The van der Waals surface area contributed by atoms with Crippen molar-refractivity contribution in [2.45, 2.75) is 17.3 Å². The van der Waals surface area contributed by atoms with E-state index in [-0.39, 0.29) is 0 Å². The Morgan fingerprint density at radius 2 is 2.05 bits per heavy atom. The monoisotopic (exact) mass is 291 g/mol. The lowest BCUT2D eigenvalue weighted by molar-refractivity contribution is -0.119. The Hall–Kier alpha value is -2.35. The zero-order chi connectivity index (χ0) is 14.5. The molecule has 0 fully saturated rings. The Morgan fingerprint density at radius 3 is 2.70 bits per heavy atom. The van der Waals surface area contributed by atoms with Gasteiger partial charge in [-0.15, -0.1) is 5.10 Å². The van der Waals surface area contributed by atoms with Crippen molar-refractivity contribution < 1.29 is 9.59 Å². The molecule has 1 aromatic heterocycles. The molecule has 3 N–H and O–H groups in total. The number of rotatable bonds is 4. The van der Waals surface area contributed by atoms with E-state index in [9.17, 15) is 9.59 Å². The Bertz CT molecular complexity index is 613. The fourth-order valence-electron chi connectivity index (χ4n) is 1.44. The van der Waals surface area contributed by atoms with E-state index >= 15 is 0 Å². The third kappa shape index (κ3) is 3.58. The number of urea groups is 1. The van der Waals surface area contributed by atoms with Crippen LogP contribution in [0.1, 0.15) is 6.92 Å². The van der Waals surface area contributed by atoms with Crippen molar-refractivity contribution in [2.24, 2.45) is 5.73 Å². The number of hydrogen-bond acceptors (Lipinski definition) is 5. The van der Waals surface area contributed by atoms with Gasteiger partial charge in [-0.25, -0.2) is 14.5 Å². The number of carbonyl (C=O) groups excluding carboxylic acids is 2. The van der Waals surface area contributed by atoms with Crippen LogP contribution in [0, 0.1) is 0 Å². The number of aromatic nitrogens is 3. The average molecular weight is 291 g/mol. The molecular weight excluding hydrogens is 278 g/mol. The molecule has 8 heteroatoms. The Labute approximate surface area is 119 Å². The van der Waals surface area contributed by atoms with Gasteiger partial charge in [-0.1, -0.05) is 30.0 Å². The molecule has 1 unspecified atom stereocenters. The van der Waals surface area contributed by atoms with Crippen molar-refractivity contribution >= 4 is 23.7 Å².